The summed E-state index contributed by atoms with van der Waals surface area (Å²) in [5.41, 5.74) is 1.45. The molecule has 2 aromatic rings. The predicted molar refractivity (Wildman–Crippen MR) is 97.4 cm³/mol. The zero-order valence-corrected chi connectivity index (χ0v) is 15.1. The first-order valence-electron chi connectivity index (χ1n) is 8.60. The van der Waals surface area contributed by atoms with Crippen LogP contribution < -0.4 is 5.32 Å². The molecule has 0 radical (unpaired) electrons. The van der Waals surface area contributed by atoms with Gasteiger partial charge < -0.3 is 15.0 Å². The number of methoxy groups -OCH3 is 1. The van der Waals surface area contributed by atoms with Crippen molar-refractivity contribution in [2.45, 2.75) is 45.1 Å². The molecular formula is C20H26N2O3. The van der Waals surface area contributed by atoms with Crippen LogP contribution in [0.1, 0.15) is 48.3 Å². The average Bonchev–Trinajstić information content (AvgIpc) is 3.12. The Labute approximate surface area is 148 Å². The summed E-state index contributed by atoms with van der Waals surface area (Å²) >= 11 is 0. The van der Waals surface area contributed by atoms with Crippen LogP contribution in [-0.2, 0) is 22.4 Å². The molecule has 0 aliphatic heterocycles. The van der Waals surface area contributed by atoms with E-state index in [1.807, 2.05) is 24.3 Å². The molecule has 0 saturated heterocycles. The van der Waals surface area contributed by atoms with Gasteiger partial charge in [-0.05, 0) is 49.6 Å². The van der Waals surface area contributed by atoms with E-state index in [1.165, 1.54) is 12.7 Å². The van der Waals surface area contributed by atoms with Crippen LogP contribution >= 0.6 is 0 Å². The highest BCUT2D eigenvalue weighted by Gasteiger charge is 2.36. The maximum Gasteiger partial charge on any atom is 0.331 e. The summed E-state index contributed by atoms with van der Waals surface area (Å²) in [6, 6.07) is 11.2. The van der Waals surface area contributed by atoms with Crippen molar-refractivity contribution in [1.29, 1.82) is 0 Å². The number of carbonyl (C=O) groups excluding carboxylic acids is 2. The highest BCUT2D eigenvalue weighted by Crippen LogP contribution is 2.16. The average molecular weight is 342 g/mol. The van der Waals surface area contributed by atoms with Crippen molar-refractivity contribution in [3.63, 3.8) is 0 Å². The first-order chi connectivity index (χ1) is 12.0. The molecule has 25 heavy (non-hydrogen) atoms. The van der Waals surface area contributed by atoms with Crippen LogP contribution in [0.15, 0.2) is 42.6 Å². The summed E-state index contributed by atoms with van der Waals surface area (Å²) in [5.74, 6) is -0.767. The Morgan fingerprint density at radius 2 is 1.92 bits per heavy atom. The number of benzene rings is 1. The number of H-pyrrole nitrogens is 1. The SMILES string of the molecule is CCCCc1ccc(C(=O)NC(C)(Cc2ccc[nH]2)C(=O)OC)cc1. The fourth-order valence-corrected chi connectivity index (χ4v) is 2.78. The lowest BCUT2D eigenvalue weighted by Gasteiger charge is -2.27. The van der Waals surface area contributed by atoms with Gasteiger partial charge in [0.15, 0.2) is 0 Å². The second-order valence-corrected chi connectivity index (χ2v) is 6.45. The van der Waals surface area contributed by atoms with Crippen molar-refractivity contribution in [2.75, 3.05) is 7.11 Å². The van der Waals surface area contributed by atoms with Crippen LogP contribution in [0.4, 0.5) is 0 Å². The smallest absolute Gasteiger partial charge is 0.331 e. The normalized spacial score (nSPS) is 13.1. The van der Waals surface area contributed by atoms with Crippen LogP contribution in [-0.4, -0.2) is 29.5 Å². The summed E-state index contributed by atoms with van der Waals surface area (Å²) in [7, 11) is 1.32. The molecule has 5 nitrogen and oxygen atoms in total. The summed E-state index contributed by atoms with van der Waals surface area (Å²) in [6.45, 7) is 3.83. The maximum atomic E-state index is 12.6. The molecule has 2 N–H and O–H groups in total. The van der Waals surface area contributed by atoms with Gasteiger partial charge in [0.1, 0.15) is 5.54 Å². The molecule has 1 atom stereocenters. The molecule has 0 fully saturated rings. The van der Waals surface area contributed by atoms with Crippen LogP contribution in [0.25, 0.3) is 0 Å². The van der Waals surface area contributed by atoms with E-state index in [0.29, 0.717) is 12.0 Å². The van der Waals surface area contributed by atoms with E-state index < -0.39 is 11.5 Å². The van der Waals surface area contributed by atoms with Gasteiger partial charge in [0.05, 0.1) is 7.11 Å². The third-order valence-corrected chi connectivity index (χ3v) is 4.27. The van der Waals surface area contributed by atoms with Gasteiger partial charge in [0.2, 0.25) is 0 Å². The van der Waals surface area contributed by atoms with Gasteiger partial charge in [-0.15, -0.1) is 0 Å². The van der Waals surface area contributed by atoms with E-state index in [1.54, 1.807) is 25.3 Å². The number of amides is 1. The Bertz CT molecular complexity index is 692. The molecule has 1 amide bonds. The Morgan fingerprint density at radius 1 is 1.20 bits per heavy atom. The van der Waals surface area contributed by atoms with E-state index in [9.17, 15) is 9.59 Å². The van der Waals surface area contributed by atoms with Crippen molar-refractivity contribution in [1.82, 2.24) is 10.3 Å². The molecule has 0 spiro atoms. The minimum atomic E-state index is -1.14. The molecular weight excluding hydrogens is 316 g/mol. The molecule has 1 aromatic carbocycles. The van der Waals surface area contributed by atoms with Gasteiger partial charge in [0.25, 0.3) is 5.91 Å². The van der Waals surface area contributed by atoms with Gasteiger partial charge >= 0.3 is 5.97 Å². The van der Waals surface area contributed by atoms with Crippen molar-refractivity contribution in [3.8, 4) is 0 Å². The molecule has 2 rings (SSSR count). The van der Waals surface area contributed by atoms with Crippen molar-refractivity contribution < 1.29 is 14.3 Å². The van der Waals surface area contributed by atoms with Crippen LogP contribution in [0.2, 0.25) is 0 Å². The van der Waals surface area contributed by atoms with E-state index in [2.05, 4.69) is 17.2 Å². The van der Waals surface area contributed by atoms with Gasteiger partial charge in [0, 0.05) is 23.9 Å². The number of hydrogen-bond acceptors (Lipinski definition) is 3. The molecule has 0 aliphatic rings. The monoisotopic (exact) mass is 342 g/mol. The summed E-state index contributed by atoms with van der Waals surface area (Å²) in [6.07, 6.45) is 5.38. The minimum absolute atomic E-state index is 0.290. The molecule has 1 heterocycles. The highest BCUT2D eigenvalue weighted by atomic mass is 16.5. The van der Waals surface area contributed by atoms with Crippen LogP contribution in [0, 0.1) is 0 Å². The van der Waals surface area contributed by atoms with Crippen molar-refractivity contribution >= 4 is 11.9 Å². The Balaban J connectivity index is 2.12. The lowest BCUT2D eigenvalue weighted by molar-refractivity contribution is -0.147. The number of aromatic amines is 1. The molecule has 0 aliphatic carbocycles. The number of ether oxygens (including phenoxy) is 1. The second-order valence-electron chi connectivity index (χ2n) is 6.45. The summed E-state index contributed by atoms with van der Waals surface area (Å²) in [5, 5.41) is 2.83. The van der Waals surface area contributed by atoms with E-state index in [4.69, 9.17) is 4.74 Å². The zero-order chi connectivity index (χ0) is 18.3. The van der Waals surface area contributed by atoms with Crippen LogP contribution in [0.5, 0.6) is 0 Å². The number of unbranched alkanes of at least 4 members (excludes halogenated alkanes) is 1. The molecule has 134 valence electrons. The Hall–Kier alpha value is -2.56. The summed E-state index contributed by atoms with van der Waals surface area (Å²) < 4.78 is 4.90. The molecule has 0 bridgehead atoms. The standard InChI is InChI=1S/C20H26N2O3/c1-4-5-7-15-9-11-16(12-10-15)18(23)22-20(2,19(24)25-3)14-17-8-6-13-21-17/h6,8-13,21H,4-5,7,14H2,1-3H3,(H,22,23). The number of esters is 1. The lowest BCUT2D eigenvalue weighted by atomic mass is 9.95. The number of nitrogens with one attached hydrogen (secondary N) is 2. The van der Waals surface area contributed by atoms with Gasteiger partial charge in [-0.3, -0.25) is 4.79 Å². The van der Waals surface area contributed by atoms with Gasteiger partial charge in [-0.1, -0.05) is 25.5 Å². The fraction of sp³-hybridized carbons (Fsp3) is 0.400. The predicted octanol–water partition coefficient (Wildman–Crippen LogP) is 3.26. The quantitative estimate of drug-likeness (QED) is 0.723. The van der Waals surface area contributed by atoms with E-state index >= 15 is 0 Å². The molecule has 0 saturated carbocycles. The van der Waals surface area contributed by atoms with Gasteiger partial charge in [-0.25, -0.2) is 4.79 Å². The van der Waals surface area contributed by atoms with Gasteiger partial charge in [-0.2, -0.15) is 0 Å². The zero-order valence-electron chi connectivity index (χ0n) is 15.1. The molecule has 1 aromatic heterocycles. The number of rotatable bonds is 8. The number of hydrogen-bond donors (Lipinski definition) is 2. The third kappa shape index (κ3) is 4.95. The van der Waals surface area contributed by atoms with Crippen LogP contribution in [0.3, 0.4) is 0 Å². The van der Waals surface area contributed by atoms with E-state index in [0.717, 1.165) is 25.0 Å². The lowest BCUT2D eigenvalue weighted by Crippen LogP contribution is -2.54. The third-order valence-electron chi connectivity index (χ3n) is 4.27. The molecule has 1 unspecified atom stereocenters. The summed E-state index contributed by atoms with van der Waals surface area (Å²) in [4.78, 5) is 27.9. The second kappa shape index (κ2) is 8.51. The topological polar surface area (TPSA) is 71.2 Å². The fourth-order valence-electron chi connectivity index (χ4n) is 2.78. The highest BCUT2D eigenvalue weighted by molar-refractivity contribution is 5.98. The molecule has 5 heteroatoms. The van der Waals surface area contributed by atoms with Crippen molar-refractivity contribution in [2.24, 2.45) is 0 Å². The van der Waals surface area contributed by atoms with Crippen molar-refractivity contribution in [3.05, 3.63) is 59.4 Å². The number of aromatic nitrogens is 1. The Kier molecular flexibility index (Phi) is 6.39. The van der Waals surface area contributed by atoms with E-state index in [-0.39, 0.29) is 5.91 Å². The largest absolute Gasteiger partial charge is 0.467 e. The Morgan fingerprint density at radius 3 is 2.48 bits per heavy atom. The first-order valence-corrected chi connectivity index (χ1v) is 8.60. The number of aryl methyl sites for hydroxylation is 1. The minimum Gasteiger partial charge on any atom is -0.467 e. The maximum absolute atomic E-state index is 12.6. The number of carbonyl (C=O) groups is 2. The first kappa shape index (κ1) is 18.8.